The van der Waals surface area contributed by atoms with Crippen LogP contribution < -0.4 is 5.32 Å². The molecule has 0 fully saturated rings. The molecule has 0 spiro atoms. The highest BCUT2D eigenvalue weighted by molar-refractivity contribution is 7.99. The van der Waals surface area contributed by atoms with Crippen LogP contribution >= 0.6 is 11.8 Å². The van der Waals surface area contributed by atoms with Crippen LogP contribution in [0.1, 0.15) is 10.4 Å². The molecule has 4 rings (SSSR count). The van der Waals surface area contributed by atoms with Crippen molar-refractivity contribution in [2.75, 3.05) is 11.1 Å². The molecule has 4 aromatic rings. The lowest BCUT2D eigenvalue weighted by atomic mass is 10.1. The van der Waals surface area contributed by atoms with Crippen LogP contribution in [0.3, 0.4) is 0 Å². The van der Waals surface area contributed by atoms with Gasteiger partial charge in [-0.05, 0) is 18.2 Å². The van der Waals surface area contributed by atoms with E-state index in [2.05, 4.69) is 10.3 Å². The Hall–Kier alpha value is -4.04. The van der Waals surface area contributed by atoms with Crippen LogP contribution in [0.2, 0.25) is 0 Å². The van der Waals surface area contributed by atoms with Crippen molar-refractivity contribution in [1.29, 1.82) is 0 Å². The first-order valence-corrected chi connectivity index (χ1v) is 10.6. The number of carbonyl (C=O) groups is 2. The van der Waals surface area contributed by atoms with Gasteiger partial charge in [0.2, 0.25) is 5.91 Å². The first-order valence-electron chi connectivity index (χ1n) is 9.62. The molecule has 3 aromatic carbocycles. The number of hydrogen-bond acceptors (Lipinski definition) is 6. The molecule has 0 radical (unpaired) electrons. The highest BCUT2D eigenvalue weighted by atomic mass is 32.2. The monoisotopic (exact) mass is 446 g/mol. The van der Waals surface area contributed by atoms with E-state index in [-0.39, 0.29) is 28.7 Å². The summed E-state index contributed by atoms with van der Waals surface area (Å²) in [7, 11) is 0. The molecule has 0 aliphatic rings. The molecule has 8 heteroatoms. The number of thioether (sulfide) groups is 1. The number of aromatic nitrogens is 1. The van der Waals surface area contributed by atoms with E-state index < -0.39 is 5.97 Å². The molecule has 0 saturated carbocycles. The standard InChI is InChI=1S/C24H18N2O5S/c27-19-12-11-17(13-18(19)23(29)30)25-20(28)14-32-24-26-21(15-7-3-1-4-8-15)22(31-24)16-9-5-2-6-10-16/h1-13,27H,14H2,(H,25,28)(H,29,30). The van der Waals surface area contributed by atoms with Crippen LogP contribution in [0, 0.1) is 0 Å². The van der Waals surface area contributed by atoms with Gasteiger partial charge in [-0.3, -0.25) is 4.79 Å². The summed E-state index contributed by atoms with van der Waals surface area (Å²) in [5, 5.41) is 21.6. The zero-order chi connectivity index (χ0) is 22.5. The van der Waals surface area contributed by atoms with E-state index in [1.54, 1.807) is 0 Å². The first kappa shape index (κ1) is 21.2. The summed E-state index contributed by atoms with van der Waals surface area (Å²) in [6, 6.07) is 23.1. The maximum absolute atomic E-state index is 12.4. The summed E-state index contributed by atoms with van der Waals surface area (Å²) in [5.41, 5.74) is 2.44. The molecule has 0 bridgehead atoms. The Bertz CT molecular complexity index is 1200. The van der Waals surface area contributed by atoms with E-state index >= 15 is 0 Å². The first-order chi connectivity index (χ1) is 15.5. The minimum absolute atomic E-state index is 0.00620. The lowest BCUT2D eigenvalue weighted by Crippen LogP contribution is -2.14. The van der Waals surface area contributed by atoms with Gasteiger partial charge in [0.1, 0.15) is 17.0 Å². The number of aromatic carboxylic acids is 1. The van der Waals surface area contributed by atoms with Gasteiger partial charge < -0.3 is 19.9 Å². The average Bonchev–Trinajstić information content (AvgIpc) is 3.24. The number of phenols is 1. The fraction of sp³-hybridized carbons (Fsp3) is 0.0417. The van der Waals surface area contributed by atoms with E-state index in [9.17, 15) is 14.7 Å². The van der Waals surface area contributed by atoms with Crippen LogP contribution in [-0.2, 0) is 4.79 Å². The predicted molar refractivity (Wildman–Crippen MR) is 122 cm³/mol. The molecule has 0 atom stereocenters. The molecule has 7 nitrogen and oxygen atoms in total. The number of nitrogens with zero attached hydrogens (tertiary/aromatic N) is 1. The minimum Gasteiger partial charge on any atom is -0.507 e. The molecule has 32 heavy (non-hydrogen) atoms. The van der Waals surface area contributed by atoms with Crippen molar-refractivity contribution >= 4 is 29.3 Å². The highest BCUT2D eigenvalue weighted by Crippen LogP contribution is 2.35. The molecule has 160 valence electrons. The second-order valence-electron chi connectivity index (χ2n) is 6.76. The van der Waals surface area contributed by atoms with Crippen molar-refractivity contribution in [3.8, 4) is 28.3 Å². The van der Waals surface area contributed by atoms with Gasteiger partial charge in [0.05, 0.1) is 5.75 Å². The maximum atomic E-state index is 12.4. The van der Waals surface area contributed by atoms with Crippen molar-refractivity contribution in [2.45, 2.75) is 5.22 Å². The molecule has 1 amide bonds. The van der Waals surface area contributed by atoms with Crippen molar-refractivity contribution in [3.05, 3.63) is 84.4 Å². The second-order valence-corrected chi connectivity index (χ2v) is 7.69. The summed E-state index contributed by atoms with van der Waals surface area (Å²) in [4.78, 5) is 28.1. The number of carbonyl (C=O) groups excluding carboxylic acids is 1. The van der Waals surface area contributed by atoms with Crippen LogP contribution in [-0.4, -0.2) is 32.8 Å². The molecule has 0 unspecified atom stereocenters. The average molecular weight is 446 g/mol. The Labute approximate surface area is 187 Å². The number of oxazole rings is 1. The fourth-order valence-corrected chi connectivity index (χ4v) is 3.67. The van der Waals surface area contributed by atoms with E-state index in [1.165, 1.54) is 18.2 Å². The Morgan fingerprint density at radius 2 is 1.59 bits per heavy atom. The third-order valence-corrected chi connectivity index (χ3v) is 5.36. The van der Waals surface area contributed by atoms with Gasteiger partial charge in [-0.2, -0.15) is 0 Å². The number of amides is 1. The smallest absolute Gasteiger partial charge is 0.339 e. The SMILES string of the molecule is O=C(CSc1nc(-c2ccccc2)c(-c2ccccc2)o1)Nc1ccc(O)c(C(=O)O)c1. The normalized spacial score (nSPS) is 10.6. The van der Waals surface area contributed by atoms with Gasteiger partial charge in [-0.15, -0.1) is 0 Å². The molecule has 1 heterocycles. The van der Waals surface area contributed by atoms with Crippen LogP contribution in [0.5, 0.6) is 5.75 Å². The summed E-state index contributed by atoms with van der Waals surface area (Å²) in [6.45, 7) is 0. The molecule has 0 aliphatic carbocycles. The van der Waals surface area contributed by atoms with E-state index in [4.69, 9.17) is 9.52 Å². The zero-order valence-corrected chi connectivity index (χ0v) is 17.5. The van der Waals surface area contributed by atoms with Crippen LogP contribution in [0.4, 0.5) is 5.69 Å². The molecule has 3 N–H and O–H groups in total. The van der Waals surface area contributed by atoms with Gasteiger partial charge in [0.25, 0.3) is 5.22 Å². The minimum atomic E-state index is -1.28. The van der Waals surface area contributed by atoms with Gasteiger partial charge in [0.15, 0.2) is 5.76 Å². The molecule has 0 aliphatic heterocycles. The number of benzene rings is 3. The number of rotatable bonds is 7. The van der Waals surface area contributed by atoms with Crippen molar-refractivity contribution in [3.63, 3.8) is 0 Å². The Balaban J connectivity index is 1.51. The van der Waals surface area contributed by atoms with E-state index in [0.717, 1.165) is 22.9 Å². The fourth-order valence-electron chi connectivity index (χ4n) is 3.05. The van der Waals surface area contributed by atoms with Gasteiger partial charge in [-0.1, -0.05) is 72.4 Å². The topological polar surface area (TPSA) is 113 Å². The quantitative estimate of drug-likeness (QED) is 0.266. The highest BCUT2D eigenvalue weighted by Gasteiger charge is 2.18. The summed E-state index contributed by atoms with van der Waals surface area (Å²) in [5.74, 6) is -1.39. The van der Waals surface area contributed by atoms with Crippen LogP contribution in [0.15, 0.2) is 88.5 Å². The molecular formula is C24H18N2O5S. The van der Waals surface area contributed by atoms with E-state index in [1.807, 2.05) is 60.7 Å². The third kappa shape index (κ3) is 4.81. The number of anilines is 1. The van der Waals surface area contributed by atoms with Gasteiger partial charge in [-0.25, -0.2) is 9.78 Å². The Morgan fingerprint density at radius 1 is 0.938 bits per heavy atom. The van der Waals surface area contributed by atoms with Crippen LogP contribution in [0.25, 0.3) is 22.6 Å². The van der Waals surface area contributed by atoms with Gasteiger partial charge >= 0.3 is 5.97 Å². The number of hydrogen-bond donors (Lipinski definition) is 3. The van der Waals surface area contributed by atoms with Crippen molar-refractivity contribution in [1.82, 2.24) is 4.98 Å². The largest absolute Gasteiger partial charge is 0.507 e. The van der Waals surface area contributed by atoms with Gasteiger partial charge in [0, 0.05) is 16.8 Å². The van der Waals surface area contributed by atoms with Crippen molar-refractivity contribution in [2.24, 2.45) is 0 Å². The predicted octanol–water partition coefficient (Wildman–Crippen LogP) is 5.14. The third-order valence-electron chi connectivity index (χ3n) is 4.53. The number of nitrogens with one attached hydrogen (secondary N) is 1. The maximum Gasteiger partial charge on any atom is 0.339 e. The molecule has 0 saturated heterocycles. The zero-order valence-electron chi connectivity index (χ0n) is 16.7. The molecular weight excluding hydrogens is 428 g/mol. The molecule has 1 aromatic heterocycles. The summed E-state index contributed by atoms with van der Waals surface area (Å²) >= 11 is 1.13. The Kier molecular flexibility index (Phi) is 6.23. The van der Waals surface area contributed by atoms with E-state index in [0.29, 0.717) is 16.7 Å². The second kappa shape index (κ2) is 9.40. The number of aromatic hydroxyl groups is 1. The Morgan fingerprint density at radius 3 is 2.25 bits per heavy atom. The number of carboxylic acids is 1. The lowest BCUT2D eigenvalue weighted by molar-refractivity contribution is -0.113. The lowest BCUT2D eigenvalue weighted by Gasteiger charge is -2.06. The summed E-state index contributed by atoms with van der Waals surface area (Å²) < 4.78 is 5.98. The summed E-state index contributed by atoms with van der Waals surface area (Å²) in [6.07, 6.45) is 0. The van der Waals surface area contributed by atoms with Crippen molar-refractivity contribution < 1.29 is 24.2 Å². The number of carboxylic acid groups (broad SMARTS) is 1.